The molecule has 2 heterocycles. The molecule has 0 aromatic carbocycles. The van der Waals surface area contributed by atoms with Crippen LogP contribution in [-0.4, -0.2) is 10.4 Å². The molecule has 0 radical (unpaired) electrons. The van der Waals surface area contributed by atoms with E-state index in [4.69, 9.17) is 4.74 Å². The monoisotopic (exact) mass is 88.0 g/mol. The lowest BCUT2D eigenvalue weighted by molar-refractivity contribution is 0.371. The SMILES string of the molecule is CC12OC1S2. The first kappa shape index (κ1) is 2.48. The second-order valence-corrected chi connectivity index (χ2v) is 3.06. The Bertz CT molecular complexity index is 75.0. The van der Waals surface area contributed by atoms with Crippen LogP contribution in [0.2, 0.25) is 0 Å². The topological polar surface area (TPSA) is 12.5 Å². The quantitative estimate of drug-likeness (QED) is 0.406. The summed E-state index contributed by atoms with van der Waals surface area (Å²) in [5.74, 6) is 0. The van der Waals surface area contributed by atoms with Crippen LogP contribution < -0.4 is 0 Å². The molecule has 0 aliphatic carbocycles. The summed E-state index contributed by atoms with van der Waals surface area (Å²) < 4.78 is 4.96. The molecule has 28 valence electrons. The van der Waals surface area contributed by atoms with Crippen LogP contribution in [0.25, 0.3) is 0 Å². The first-order chi connectivity index (χ1) is 2.31. The second-order valence-electron chi connectivity index (χ2n) is 1.58. The molecule has 2 fully saturated rings. The third-order valence-electron chi connectivity index (χ3n) is 0.996. The molecule has 2 rings (SSSR count). The zero-order valence-electron chi connectivity index (χ0n) is 2.89. The number of epoxide rings is 1. The highest BCUT2D eigenvalue weighted by atomic mass is 32.2. The first-order valence-corrected chi connectivity index (χ1v) is 2.55. The van der Waals surface area contributed by atoms with Crippen molar-refractivity contribution in [2.75, 3.05) is 0 Å². The lowest BCUT2D eigenvalue weighted by Crippen LogP contribution is -1.75. The number of hydrogen-bond acceptors (Lipinski definition) is 2. The minimum absolute atomic E-state index is 0.333. The standard InChI is InChI=1S/C3H4OS/c1-3-2(4-3)5-3/h2H,1H3. The van der Waals surface area contributed by atoms with Crippen molar-refractivity contribution in [2.24, 2.45) is 0 Å². The van der Waals surface area contributed by atoms with Gasteiger partial charge in [-0.25, -0.2) is 0 Å². The maximum atomic E-state index is 4.96. The lowest BCUT2D eigenvalue weighted by atomic mass is 10.6. The molecule has 2 aliphatic heterocycles. The highest BCUT2D eigenvalue weighted by Gasteiger charge is 2.71. The van der Waals surface area contributed by atoms with Gasteiger partial charge in [-0.2, -0.15) is 0 Å². The lowest BCUT2D eigenvalue weighted by Gasteiger charge is -1.80. The maximum absolute atomic E-state index is 4.96. The van der Waals surface area contributed by atoms with E-state index in [1.54, 1.807) is 0 Å². The van der Waals surface area contributed by atoms with Gasteiger partial charge in [0.1, 0.15) is 5.44 Å². The molecule has 1 nitrogen and oxygen atoms in total. The summed E-state index contributed by atoms with van der Waals surface area (Å²) in [6, 6.07) is 0. The normalized spacial score (nSPS) is 70.2. The molecule has 2 unspecified atom stereocenters. The Morgan fingerprint density at radius 2 is 2.20 bits per heavy atom. The van der Waals surface area contributed by atoms with Gasteiger partial charge in [0.2, 0.25) is 0 Å². The van der Waals surface area contributed by atoms with Crippen LogP contribution in [0.5, 0.6) is 0 Å². The van der Waals surface area contributed by atoms with Crippen molar-refractivity contribution < 1.29 is 4.74 Å². The Labute approximate surface area is 34.7 Å². The summed E-state index contributed by atoms with van der Waals surface area (Å²) in [4.78, 5) is 0.333. The average Bonchev–Trinajstić information content (AvgIpc) is 1.74. The molecule has 0 aromatic heterocycles. The van der Waals surface area contributed by atoms with Crippen molar-refractivity contribution in [3.63, 3.8) is 0 Å². The fourth-order valence-corrected chi connectivity index (χ4v) is 0.980. The third-order valence-corrected chi connectivity index (χ3v) is 2.28. The smallest absolute Gasteiger partial charge is 0.150 e. The van der Waals surface area contributed by atoms with E-state index in [-0.39, 0.29) is 0 Å². The first-order valence-electron chi connectivity index (χ1n) is 1.67. The molecule has 0 amide bonds. The van der Waals surface area contributed by atoms with Crippen LogP contribution in [0.3, 0.4) is 0 Å². The van der Waals surface area contributed by atoms with Crippen LogP contribution in [0.15, 0.2) is 0 Å². The predicted molar refractivity (Wildman–Crippen MR) is 20.9 cm³/mol. The van der Waals surface area contributed by atoms with Crippen molar-refractivity contribution in [2.45, 2.75) is 17.3 Å². The Kier molecular flexibility index (Phi) is 0.183. The summed E-state index contributed by atoms with van der Waals surface area (Å²) in [6.45, 7) is 2.11. The van der Waals surface area contributed by atoms with Crippen LogP contribution in [0, 0.1) is 0 Å². The van der Waals surface area contributed by atoms with Crippen molar-refractivity contribution in [3.8, 4) is 0 Å². The highest BCUT2D eigenvalue weighted by molar-refractivity contribution is 8.09. The Morgan fingerprint density at radius 1 is 2.00 bits per heavy atom. The van der Waals surface area contributed by atoms with E-state index in [9.17, 15) is 0 Å². The second kappa shape index (κ2) is 0.369. The predicted octanol–water partition coefficient (Wildman–Crippen LogP) is 0.806. The molecule has 2 aliphatic rings. The van der Waals surface area contributed by atoms with Gasteiger partial charge in [-0.1, -0.05) is 11.8 Å². The zero-order valence-corrected chi connectivity index (χ0v) is 3.71. The largest absolute Gasteiger partial charge is 0.343 e. The molecule has 0 bridgehead atoms. The Morgan fingerprint density at radius 3 is 2.20 bits per heavy atom. The number of ether oxygens (including phenoxy) is 1. The van der Waals surface area contributed by atoms with Gasteiger partial charge in [0, 0.05) is 0 Å². The van der Waals surface area contributed by atoms with Crippen molar-refractivity contribution in [3.05, 3.63) is 0 Å². The van der Waals surface area contributed by atoms with Gasteiger partial charge < -0.3 is 4.74 Å². The summed E-state index contributed by atoms with van der Waals surface area (Å²) in [6.07, 6.45) is 0. The van der Waals surface area contributed by atoms with Crippen molar-refractivity contribution in [1.82, 2.24) is 0 Å². The van der Waals surface area contributed by atoms with Crippen LogP contribution >= 0.6 is 11.8 Å². The van der Waals surface area contributed by atoms with Gasteiger partial charge in [-0.15, -0.1) is 0 Å². The maximum Gasteiger partial charge on any atom is 0.150 e. The van der Waals surface area contributed by atoms with Crippen molar-refractivity contribution >= 4 is 11.8 Å². The molecule has 0 spiro atoms. The third kappa shape index (κ3) is 0.152. The van der Waals surface area contributed by atoms with Gasteiger partial charge in [-0.3, -0.25) is 0 Å². The molecular formula is C3H4OS. The minimum atomic E-state index is 0.333. The average molecular weight is 88.1 g/mol. The van der Waals surface area contributed by atoms with Crippen LogP contribution in [0.4, 0.5) is 0 Å². The molecule has 0 aromatic rings. The number of fused-ring (bicyclic) bond motifs is 1. The molecular weight excluding hydrogens is 84.1 g/mol. The van der Waals surface area contributed by atoms with Gasteiger partial charge in [0.05, 0.1) is 0 Å². The van der Waals surface area contributed by atoms with Gasteiger partial charge >= 0.3 is 0 Å². The summed E-state index contributed by atoms with van der Waals surface area (Å²) in [5, 5.41) is 0. The van der Waals surface area contributed by atoms with E-state index in [1.165, 1.54) is 0 Å². The number of rotatable bonds is 0. The molecule has 2 heteroatoms. The summed E-state index contributed by atoms with van der Waals surface area (Å²) in [7, 11) is 0. The molecule has 0 N–H and O–H groups in total. The van der Waals surface area contributed by atoms with Crippen molar-refractivity contribution in [1.29, 1.82) is 0 Å². The molecule has 5 heavy (non-hydrogen) atoms. The summed E-state index contributed by atoms with van der Waals surface area (Å²) in [5.41, 5.74) is 0.613. The highest BCUT2D eigenvalue weighted by Crippen LogP contribution is 2.70. The van der Waals surface area contributed by atoms with E-state index < -0.39 is 0 Å². The van der Waals surface area contributed by atoms with Gasteiger partial charge in [-0.05, 0) is 6.92 Å². The van der Waals surface area contributed by atoms with Crippen LogP contribution in [0.1, 0.15) is 6.92 Å². The summed E-state index contributed by atoms with van der Waals surface area (Å²) >= 11 is 1.90. The Hall–Kier alpha value is 0.310. The fraction of sp³-hybridized carbons (Fsp3) is 1.00. The fourth-order valence-electron chi connectivity index (χ4n) is 0.366. The minimum Gasteiger partial charge on any atom is -0.343 e. The van der Waals surface area contributed by atoms with Gasteiger partial charge in [0.15, 0.2) is 4.93 Å². The number of hydrogen-bond donors (Lipinski definition) is 0. The zero-order chi connectivity index (χ0) is 3.49. The number of thioether (sulfide) groups is 1. The molecule has 0 saturated carbocycles. The van der Waals surface area contributed by atoms with E-state index in [2.05, 4.69) is 6.92 Å². The van der Waals surface area contributed by atoms with Gasteiger partial charge in [0.25, 0.3) is 0 Å². The van der Waals surface area contributed by atoms with Crippen LogP contribution in [-0.2, 0) is 4.74 Å². The van der Waals surface area contributed by atoms with E-state index in [1.807, 2.05) is 11.8 Å². The van der Waals surface area contributed by atoms with E-state index in [0.717, 1.165) is 0 Å². The van der Waals surface area contributed by atoms with E-state index in [0.29, 0.717) is 10.4 Å². The van der Waals surface area contributed by atoms with E-state index >= 15 is 0 Å². The molecule has 2 atom stereocenters. The molecule has 2 saturated heterocycles. The Balaban J connectivity index is 2.37.